The van der Waals surface area contributed by atoms with Crippen LogP contribution in [0.4, 0.5) is 4.79 Å². The van der Waals surface area contributed by atoms with Crippen molar-refractivity contribution < 1.29 is 9.53 Å². The predicted molar refractivity (Wildman–Crippen MR) is 118 cm³/mol. The first-order valence-corrected chi connectivity index (χ1v) is 9.65. The quantitative estimate of drug-likeness (QED) is 0.282. The lowest BCUT2D eigenvalue weighted by molar-refractivity contribution is 0.140. The van der Waals surface area contributed by atoms with E-state index in [2.05, 4.69) is 59.6 Å². The van der Waals surface area contributed by atoms with E-state index in [0.717, 1.165) is 16.5 Å². The standard InChI is InChI=1S/C26H21NO2/c28-26(29-19-20-10-2-1-3-11-20)27-17-9-8-13-22-18-21-12-4-5-14-23(21)25-16-7-6-15-24(22)25/h1-7,10-12,14-16,18H,9,17,19H2,(H,27,28). The van der Waals surface area contributed by atoms with E-state index < -0.39 is 6.09 Å². The Morgan fingerprint density at radius 2 is 1.52 bits per heavy atom. The van der Waals surface area contributed by atoms with Crippen molar-refractivity contribution in [2.24, 2.45) is 0 Å². The average molecular weight is 379 g/mol. The van der Waals surface area contributed by atoms with E-state index in [1.807, 2.05) is 42.5 Å². The molecular formula is C26H21NO2. The Kier molecular flexibility index (Phi) is 5.73. The molecule has 0 fully saturated rings. The molecule has 29 heavy (non-hydrogen) atoms. The van der Waals surface area contributed by atoms with Crippen LogP contribution in [0.15, 0.2) is 84.9 Å². The second kappa shape index (κ2) is 8.95. The van der Waals surface area contributed by atoms with Crippen molar-refractivity contribution in [2.45, 2.75) is 13.0 Å². The highest BCUT2D eigenvalue weighted by atomic mass is 16.5. The van der Waals surface area contributed by atoms with Gasteiger partial charge in [0.1, 0.15) is 6.61 Å². The highest BCUT2D eigenvalue weighted by Gasteiger charge is 2.04. The minimum atomic E-state index is -0.424. The maximum atomic E-state index is 11.8. The van der Waals surface area contributed by atoms with Gasteiger partial charge in [-0.3, -0.25) is 0 Å². The van der Waals surface area contributed by atoms with Gasteiger partial charge in [-0.05, 0) is 33.2 Å². The van der Waals surface area contributed by atoms with Gasteiger partial charge in [-0.15, -0.1) is 0 Å². The minimum absolute atomic E-state index is 0.265. The van der Waals surface area contributed by atoms with Crippen LogP contribution in [0.25, 0.3) is 21.5 Å². The smallest absolute Gasteiger partial charge is 0.407 e. The van der Waals surface area contributed by atoms with Crippen LogP contribution >= 0.6 is 0 Å². The highest BCUT2D eigenvalue weighted by Crippen LogP contribution is 2.28. The number of benzene rings is 4. The summed E-state index contributed by atoms with van der Waals surface area (Å²) < 4.78 is 5.20. The number of ether oxygens (including phenoxy) is 1. The van der Waals surface area contributed by atoms with E-state index in [1.165, 1.54) is 16.2 Å². The number of carbonyl (C=O) groups excluding carboxylic acids is 1. The maximum absolute atomic E-state index is 11.8. The van der Waals surface area contributed by atoms with Gasteiger partial charge in [0.25, 0.3) is 0 Å². The predicted octanol–water partition coefficient (Wildman–Crippen LogP) is 5.66. The fourth-order valence-electron chi connectivity index (χ4n) is 3.32. The summed E-state index contributed by atoms with van der Waals surface area (Å²) >= 11 is 0. The van der Waals surface area contributed by atoms with E-state index in [-0.39, 0.29) is 6.61 Å². The lowest BCUT2D eigenvalue weighted by Crippen LogP contribution is -2.24. The van der Waals surface area contributed by atoms with E-state index in [9.17, 15) is 4.79 Å². The van der Waals surface area contributed by atoms with Crippen LogP contribution in [0.2, 0.25) is 0 Å². The number of fused-ring (bicyclic) bond motifs is 3. The van der Waals surface area contributed by atoms with Gasteiger partial charge >= 0.3 is 6.09 Å². The molecule has 0 radical (unpaired) electrons. The molecule has 3 nitrogen and oxygen atoms in total. The Morgan fingerprint density at radius 3 is 2.34 bits per heavy atom. The van der Waals surface area contributed by atoms with Gasteiger partial charge in [0, 0.05) is 18.5 Å². The van der Waals surface area contributed by atoms with Crippen LogP contribution in [0.3, 0.4) is 0 Å². The number of hydrogen-bond acceptors (Lipinski definition) is 2. The van der Waals surface area contributed by atoms with Crippen LogP contribution in [-0.4, -0.2) is 12.6 Å². The zero-order valence-electron chi connectivity index (χ0n) is 16.0. The van der Waals surface area contributed by atoms with Crippen LogP contribution in [0, 0.1) is 11.8 Å². The molecule has 0 saturated heterocycles. The summed E-state index contributed by atoms with van der Waals surface area (Å²) in [6, 6.07) is 28.4. The minimum Gasteiger partial charge on any atom is -0.445 e. The lowest BCUT2D eigenvalue weighted by atomic mass is 9.97. The Bertz CT molecular complexity index is 1200. The highest BCUT2D eigenvalue weighted by molar-refractivity contribution is 6.09. The summed E-state index contributed by atoms with van der Waals surface area (Å²) in [6.45, 7) is 0.716. The second-order valence-electron chi connectivity index (χ2n) is 6.73. The first kappa shape index (κ1) is 18.6. The number of rotatable bonds is 4. The third-order valence-electron chi connectivity index (χ3n) is 4.72. The fraction of sp³-hybridized carbons (Fsp3) is 0.115. The largest absolute Gasteiger partial charge is 0.445 e. The molecule has 0 saturated carbocycles. The van der Waals surface area contributed by atoms with Crippen molar-refractivity contribution in [3.63, 3.8) is 0 Å². The molecule has 0 aliphatic heterocycles. The summed E-state index contributed by atoms with van der Waals surface area (Å²) in [6.07, 6.45) is 0.133. The molecule has 0 aliphatic rings. The normalized spacial score (nSPS) is 10.3. The summed E-state index contributed by atoms with van der Waals surface area (Å²) in [4.78, 5) is 11.8. The molecule has 0 aliphatic carbocycles. The Hall–Kier alpha value is -3.77. The van der Waals surface area contributed by atoms with E-state index in [0.29, 0.717) is 13.0 Å². The van der Waals surface area contributed by atoms with Gasteiger partial charge < -0.3 is 10.1 Å². The Morgan fingerprint density at radius 1 is 0.828 bits per heavy atom. The average Bonchev–Trinajstić information content (AvgIpc) is 2.78. The molecule has 4 rings (SSSR count). The van der Waals surface area contributed by atoms with E-state index >= 15 is 0 Å². The van der Waals surface area contributed by atoms with Crippen molar-refractivity contribution >= 4 is 27.6 Å². The van der Waals surface area contributed by atoms with Gasteiger partial charge in [0.15, 0.2) is 0 Å². The molecule has 4 aromatic rings. The van der Waals surface area contributed by atoms with Crippen LogP contribution in [-0.2, 0) is 11.3 Å². The molecule has 0 heterocycles. The molecule has 0 aromatic heterocycles. The van der Waals surface area contributed by atoms with E-state index in [4.69, 9.17) is 4.74 Å². The van der Waals surface area contributed by atoms with Gasteiger partial charge in [-0.1, -0.05) is 90.7 Å². The molecule has 1 amide bonds. The molecule has 142 valence electrons. The van der Waals surface area contributed by atoms with Crippen LogP contribution < -0.4 is 5.32 Å². The van der Waals surface area contributed by atoms with Gasteiger partial charge in [-0.2, -0.15) is 0 Å². The molecule has 1 N–H and O–H groups in total. The summed E-state index contributed by atoms with van der Waals surface area (Å²) in [5, 5.41) is 7.51. The van der Waals surface area contributed by atoms with Crippen molar-refractivity contribution in [2.75, 3.05) is 6.54 Å². The van der Waals surface area contributed by atoms with Gasteiger partial charge in [-0.25, -0.2) is 4.79 Å². The van der Waals surface area contributed by atoms with Crippen LogP contribution in [0.1, 0.15) is 17.5 Å². The van der Waals surface area contributed by atoms with Gasteiger partial charge in [0.2, 0.25) is 0 Å². The van der Waals surface area contributed by atoms with Crippen molar-refractivity contribution in [1.82, 2.24) is 5.32 Å². The molecular weight excluding hydrogens is 358 g/mol. The second-order valence-corrected chi connectivity index (χ2v) is 6.73. The molecule has 0 bridgehead atoms. The zero-order valence-corrected chi connectivity index (χ0v) is 16.0. The third kappa shape index (κ3) is 4.56. The number of carbonyl (C=O) groups is 1. The Labute approximate surface area is 170 Å². The monoisotopic (exact) mass is 379 g/mol. The maximum Gasteiger partial charge on any atom is 0.407 e. The molecule has 3 heteroatoms. The van der Waals surface area contributed by atoms with E-state index in [1.54, 1.807) is 0 Å². The SMILES string of the molecule is O=C(NCCC#Cc1cc2ccccc2c2ccccc12)OCc1ccccc1. The van der Waals surface area contributed by atoms with Crippen molar-refractivity contribution in [3.8, 4) is 11.8 Å². The van der Waals surface area contributed by atoms with Crippen molar-refractivity contribution in [1.29, 1.82) is 0 Å². The summed E-state index contributed by atoms with van der Waals surface area (Å²) in [5.41, 5.74) is 1.97. The Balaban J connectivity index is 1.38. The topological polar surface area (TPSA) is 38.3 Å². The number of amides is 1. The number of hydrogen-bond donors (Lipinski definition) is 1. The third-order valence-corrected chi connectivity index (χ3v) is 4.72. The zero-order chi connectivity index (χ0) is 19.9. The molecule has 0 unspecified atom stereocenters. The van der Waals surface area contributed by atoms with Crippen LogP contribution in [0.5, 0.6) is 0 Å². The summed E-state index contributed by atoms with van der Waals surface area (Å²) in [5.74, 6) is 6.44. The number of nitrogens with one attached hydrogen (secondary N) is 1. The molecule has 4 aromatic carbocycles. The molecule has 0 spiro atoms. The summed E-state index contributed by atoms with van der Waals surface area (Å²) in [7, 11) is 0. The first-order valence-electron chi connectivity index (χ1n) is 9.65. The first-order chi connectivity index (χ1) is 14.3. The fourth-order valence-corrected chi connectivity index (χ4v) is 3.32. The van der Waals surface area contributed by atoms with Crippen molar-refractivity contribution in [3.05, 3.63) is 96.1 Å². The lowest BCUT2D eigenvalue weighted by Gasteiger charge is -2.06. The number of alkyl carbamates (subject to hydrolysis) is 1. The van der Waals surface area contributed by atoms with Gasteiger partial charge in [0.05, 0.1) is 0 Å². The molecule has 0 atom stereocenters.